The summed E-state index contributed by atoms with van der Waals surface area (Å²) in [5.74, 6) is -0.333. The molecule has 1 aromatic rings. The lowest BCUT2D eigenvalue weighted by Crippen LogP contribution is -2.22. The van der Waals surface area contributed by atoms with E-state index in [1.165, 1.54) is 38.2 Å². The summed E-state index contributed by atoms with van der Waals surface area (Å²) in [5.41, 5.74) is 1.28. The molecule has 0 unspecified atom stereocenters. The van der Waals surface area contributed by atoms with Crippen molar-refractivity contribution < 1.29 is 14.6 Å². The molecule has 0 aliphatic carbocycles. The molecule has 0 amide bonds. The van der Waals surface area contributed by atoms with Crippen molar-refractivity contribution in [2.75, 3.05) is 0 Å². The molecule has 0 saturated heterocycles. The van der Waals surface area contributed by atoms with E-state index in [-0.39, 0.29) is 0 Å². The Balaban J connectivity index is 2.40. The molecule has 0 bridgehead atoms. The standard InChI is InChI=1S/C15H22O3/c1-3-4-5-6-7-13-8-10-14(11-9-13)18-12(2)15(16)17/h8-12H,3-7H2,1-2H3,(H,16,17)/t12-/m1/s1. The van der Waals surface area contributed by atoms with E-state index in [4.69, 9.17) is 9.84 Å². The number of hydrogen-bond donors (Lipinski definition) is 1. The number of carboxylic acid groups (broad SMARTS) is 1. The van der Waals surface area contributed by atoms with E-state index in [9.17, 15) is 4.79 Å². The highest BCUT2D eigenvalue weighted by molar-refractivity contribution is 5.72. The fourth-order valence-corrected chi connectivity index (χ4v) is 1.75. The molecule has 18 heavy (non-hydrogen) atoms. The molecule has 1 atom stereocenters. The van der Waals surface area contributed by atoms with Crippen molar-refractivity contribution in [3.8, 4) is 5.75 Å². The molecular formula is C15H22O3. The van der Waals surface area contributed by atoms with Gasteiger partial charge < -0.3 is 9.84 Å². The predicted octanol–water partition coefficient (Wildman–Crippen LogP) is 3.66. The predicted molar refractivity (Wildman–Crippen MR) is 72.0 cm³/mol. The number of aryl methyl sites for hydroxylation is 1. The zero-order chi connectivity index (χ0) is 13.4. The highest BCUT2D eigenvalue weighted by atomic mass is 16.5. The van der Waals surface area contributed by atoms with Crippen LogP contribution in [0.5, 0.6) is 5.75 Å². The highest BCUT2D eigenvalue weighted by Gasteiger charge is 2.11. The normalized spacial score (nSPS) is 12.1. The van der Waals surface area contributed by atoms with Gasteiger partial charge in [0.15, 0.2) is 6.10 Å². The maximum absolute atomic E-state index is 10.6. The van der Waals surface area contributed by atoms with Crippen LogP contribution in [0.15, 0.2) is 24.3 Å². The van der Waals surface area contributed by atoms with Crippen molar-refractivity contribution >= 4 is 5.97 Å². The van der Waals surface area contributed by atoms with E-state index >= 15 is 0 Å². The number of hydrogen-bond acceptors (Lipinski definition) is 2. The lowest BCUT2D eigenvalue weighted by Gasteiger charge is -2.10. The molecule has 3 nitrogen and oxygen atoms in total. The average Bonchev–Trinajstić information content (AvgIpc) is 2.36. The maximum atomic E-state index is 10.6. The van der Waals surface area contributed by atoms with Crippen molar-refractivity contribution in [1.29, 1.82) is 0 Å². The fraction of sp³-hybridized carbons (Fsp3) is 0.533. The third kappa shape index (κ3) is 5.21. The molecule has 0 heterocycles. The number of aliphatic carboxylic acids is 1. The second-order valence-electron chi connectivity index (χ2n) is 4.55. The molecule has 0 fully saturated rings. The van der Waals surface area contributed by atoms with Crippen LogP contribution in [0.3, 0.4) is 0 Å². The van der Waals surface area contributed by atoms with Crippen LogP contribution in [-0.4, -0.2) is 17.2 Å². The van der Waals surface area contributed by atoms with E-state index in [1.807, 2.05) is 24.3 Å². The molecule has 3 heteroatoms. The molecule has 0 aromatic heterocycles. The van der Waals surface area contributed by atoms with Crippen LogP contribution >= 0.6 is 0 Å². The van der Waals surface area contributed by atoms with Gasteiger partial charge in [-0.25, -0.2) is 4.79 Å². The third-order valence-corrected chi connectivity index (χ3v) is 2.90. The molecule has 1 rings (SSSR count). The number of benzene rings is 1. The summed E-state index contributed by atoms with van der Waals surface area (Å²) in [4.78, 5) is 10.6. The number of rotatable bonds is 8. The van der Waals surface area contributed by atoms with E-state index in [2.05, 4.69) is 6.92 Å². The van der Waals surface area contributed by atoms with Crippen LogP contribution in [0.2, 0.25) is 0 Å². The Morgan fingerprint density at radius 1 is 1.22 bits per heavy atom. The summed E-state index contributed by atoms with van der Waals surface area (Å²) in [7, 11) is 0. The summed E-state index contributed by atoms with van der Waals surface area (Å²) in [6.45, 7) is 3.73. The Morgan fingerprint density at radius 2 is 1.89 bits per heavy atom. The lowest BCUT2D eigenvalue weighted by molar-refractivity contribution is -0.144. The first-order valence-corrected chi connectivity index (χ1v) is 6.62. The van der Waals surface area contributed by atoms with Gasteiger partial charge in [-0.05, 0) is 37.5 Å². The largest absolute Gasteiger partial charge is 0.479 e. The fourth-order valence-electron chi connectivity index (χ4n) is 1.75. The van der Waals surface area contributed by atoms with Crippen LogP contribution < -0.4 is 4.74 Å². The summed E-state index contributed by atoms with van der Waals surface area (Å²) < 4.78 is 5.27. The number of ether oxygens (including phenoxy) is 1. The van der Waals surface area contributed by atoms with Gasteiger partial charge in [-0.3, -0.25) is 0 Å². The lowest BCUT2D eigenvalue weighted by atomic mass is 10.1. The number of carbonyl (C=O) groups is 1. The van der Waals surface area contributed by atoms with Crippen molar-refractivity contribution in [1.82, 2.24) is 0 Å². The highest BCUT2D eigenvalue weighted by Crippen LogP contribution is 2.16. The second-order valence-corrected chi connectivity index (χ2v) is 4.55. The van der Waals surface area contributed by atoms with Gasteiger partial charge in [0, 0.05) is 0 Å². The van der Waals surface area contributed by atoms with Gasteiger partial charge in [-0.1, -0.05) is 38.3 Å². The first-order chi connectivity index (χ1) is 8.63. The molecule has 100 valence electrons. The minimum Gasteiger partial charge on any atom is -0.479 e. The van der Waals surface area contributed by atoms with E-state index in [0.717, 1.165) is 6.42 Å². The van der Waals surface area contributed by atoms with Gasteiger partial charge in [0.05, 0.1) is 0 Å². The number of carboxylic acids is 1. The molecule has 0 aliphatic rings. The van der Waals surface area contributed by atoms with Crippen LogP contribution in [0.1, 0.15) is 45.1 Å². The van der Waals surface area contributed by atoms with Crippen molar-refractivity contribution in [3.63, 3.8) is 0 Å². The number of unbranched alkanes of at least 4 members (excludes halogenated alkanes) is 3. The molecule has 0 saturated carbocycles. The maximum Gasteiger partial charge on any atom is 0.344 e. The van der Waals surface area contributed by atoms with Crippen molar-refractivity contribution in [3.05, 3.63) is 29.8 Å². The van der Waals surface area contributed by atoms with Crippen LogP contribution in [0.25, 0.3) is 0 Å². The van der Waals surface area contributed by atoms with Crippen molar-refractivity contribution in [2.45, 2.75) is 52.1 Å². The van der Waals surface area contributed by atoms with Crippen LogP contribution in [0.4, 0.5) is 0 Å². The molecule has 1 N–H and O–H groups in total. The third-order valence-electron chi connectivity index (χ3n) is 2.90. The van der Waals surface area contributed by atoms with Gasteiger partial charge >= 0.3 is 5.97 Å². The van der Waals surface area contributed by atoms with Gasteiger partial charge in [-0.15, -0.1) is 0 Å². The Labute approximate surface area is 109 Å². The minimum absolute atomic E-state index is 0.613. The Morgan fingerprint density at radius 3 is 2.44 bits per heavy atom. The SMILES string of the molecule is CCCCCCc1ccc(O[C@H](C)C(=O)O)cc1. The quantitative estimate of drug-likeness (QED) is 0.716. The first kappa shape index (κ1) is 14.6. The zero-order valence-electron chi connectivity index (χ0n) is 11.2. The zero-order valence-corrected chi connectivity index (χ0v) is 11.2. The Kier molecular flexibility index (Phi) is 6.26. The molecule has 0 spiro atoms. The minimum atomic E-state index is -0.946. The molecule has 0 aliphatic heterocycles. The van der Waals surface area contributed by atoms with Crippen molar-refractivity contribution in [2.24, 2.45) is 0 Å². The summed E-state index contributed by atoms with van der Waals surface area (Å²) in [5, 5.41) is 8.74. The molecular weight excluding hydrogens is 228 g/mol. The smallest absolute Gasteiger partial charge is 0.344 e. The van der Waals surface area contributed by atoms with Crippen LogP contribution in [0, 0.1) is 0 Å². The summed E-state index contributed by atoms with van der Waals surface area (Å²) >= 11 is 0. The molecule has 0 radical (unpaired) electrons. The van der Waals surface area contributed by atoms with Gasteiger partial charge in [0.25, 0.3) is 0 Å². The Bertz CT molecular complexity index is 357. The second kappa shape index (κ2) is 7.75. The van der Waals surface area contributed by atoms with Gasteiger partial charge in [-0.2, -0.15) is 0 Å². The topological polar surface area (TPSA) is 46.5 Å². The monoisotopic (exact) mass is 250 g/mol. The van der Waals surface area contributed by atoms with Gasteiger partial charge in [0.1, 0.15) is 5.75 Å². The Hall–Kier alpha value is -1.51. The van der Waals surface area contributed by atoms with E-state index in [1.54, 1.807) is 0 Å². The van der Waals surface area contributed by atoms with Crippen LogP contribution in [-0.2, 0) is 11.2 Å². The molecule has 1 aromatic carbocycles. The van der Waals surface area contributed by atoms with Gasteiger partial charge in [0.2, 0.25) is 0 Å². The first-order valence-electron chi connectivity index (χ1n) is 6.62. The van der Waals surface area contributed by atoms with E-state index in [0.29, 0.717) is 5.75 Å². The summed E-state index contributed by atoms with van der Waals surface area (Å²) in [6, 6.07) is 7.70. The average molecular weight is 250 g/mol. The van der Waals surface area contributed by atoms with E-state index < -0.39 is 12.1 Å². The summed E-state index contributed by atoms with van der Waals surface area (Å²) in [6.07, 6.45) is 5.29.